The van der Waals surface area contributed by atoms with Crippen LogP contribution in [0.2, 0.25) is 5.02 Å². The molecule has 4 nitrogen and oxygen atoms in total. The number of carbonyl (C=O) groups is 1. The molecule has 1 fully saturated rings. The summed E-state index contributed by atoms with van der Waals surface area (Å²) in [5.41, 5.74) is 0.972. The number of halogens is 2. The zero-order valence-corrected chi connectivity index (χ0v) is 12.8. The first-order chi connectivity index (χ1) is 9.15. The minimum atomic E-state index is -0.0864. The van der Waals surface area contributed by atoms with Crippen molar-refractivity contribution in [1.29, 1.82) is 0 Å². The van der Waals surface area contributed by atoms with E-state index in [1.54, 1.807) is 6.07 Å². The van der Waals surface area contributed by atoms with Crippen LogP contribution in [0.3, 0.4) is 0 Å². The van der Waals surface area contributed by atoms with E-state index in [9.17, 15) is 4.79 Å². The fourth-order valence-corrected chi connectivity index (χ4v) is 2.67. The van der Waals surface area contributed by atoms with E-state index in [0.717, 1.165) is 24.4 Å². The van der Waals surface area contributed by atoms with Gasteiger partial charge in [-0.15, -0.1) is 12.4 Å². The van der Waals surface area contributed by atoms with Crippen LogP contribution in [0.1, 0.15) is 18.5 Å². The average Bonchev–Trinajstić information content (AvgIpc) is 2.69. The van der Waals surface area contributed by atoms with E-state index in [1.165, 1.54) is 0 Å². The van der Waals surface area contributed by atoms with Crippen molar-refractivity contribution in [2.75, 3.05) is 19.7 Å². The first-order valence-corrected chi connectivity index (χ1v) is 6.96. The number of ether oxygens (including phenoxy) is 1. The van der Waals surface area contributed by atoms with Gasteiger partial charge in [0.15, 0.2) is 0 Å². The van der Waals surface area contributed by atoms with E-state index in [-0.39, 0.29) is 30.3 Å². The molecule has 2 unspecified atom stereocenters. The number of fused-ring (bicyclic) bond motifs is 1. The third-order valence-electron chi connectivity index (χ3n) is 4.00. The van der Waals surface area contributed by atoms with E-state index < -0.39 is 0 Å². The molecular formula is C14H18Cl2N2O2. The van der Waals surface area contributed by atoms with Gasteiger partial charge in [-0.05, 0) is 37.2 Å². The molecule has 0 aromatic heterocycles. The summed E-state index contributed by atoms with van der Waals surface area (Å²) in [7, 11) is 0. The molecule has 3 rings (SSSR count). The number of rotatable bonds is 3. The van der Waals surface area contributed by atoms with E-state index in [1.807, 2.05) is 19.1 Å². The average molecular weight is 317 g/mol. The quantitative estimate of drug-likeness (QED) is 0.898. The molecule has 0 saturated carbocycles. The van der Waals surface area contributed by atoms with Crippen LogP contribution in [-0.4, -0.2) is 25.6 Å². The van der Waals surface area contributed by atoms with Gasteiger partial charge < -0.3 is 15.4 Å². The molecule has 2 atom stereocenters. The maximum absolute atomic E-state index is 12.2. The van der Waals surface area contributed by atoms with Crippen LogP contribution in [0, 0.1) is 11.8 Å². The molecule has 0 spiro atoms. The van der Waals surface area contributed by atoms with E-state index >= 15 is 0 Å². The van der Waals surface area contributed by atoms with Gasteiger partial charge in [-0.25, -0.2) is 0 Å². The predicted molar refractivity (Wildman–Crippen MR) is 80.6 cm³/mol. The van der Waals surface area contributed by atoms with Crippen LogP contribution >= 0.6 is 24.0 Å². The van der Waals surface area contributed by atoms with E-state index in [0.29, 0.717) is 17.5 Å². The summed E-state index contributed by atoms with van der Waals surface area (Å²) in [6, 6.07) is 5.43. The third-order valence-corrected chi connectivity index (χ3v) is 4.24. The Morgan fingerprint density at radius 1 is 1.50 bits per heavy atom. The van der Waals surface area contributed by atoms with Crippen LogP contribution in [0.4, 0.5) is 0 Å². The number of hydrogen-bond acceptors (Lipinski definition) is 3. The molecule has 0 bridgehead atoms. The van der Waals surface area contributed by atoms with Gasteiger partial charge in [-0.2, -0.15) is 0 Å². The molecule has 1 saturated heterocycles. The standard InChI is InChI=1S/C14H17ClN2O2.ClH/c1-8(9-5-16-6-9)14(18)17-12-7-19-13-3-2-10(15)4-11(12)13;/h2-4,8-9,12,16H,5-7H2,1H3,(H,17,18);1H. The van der Waals surface area contributed by atoms with Gasteiger partial charge in [0.1, 0.15) is 12.4 Å². The summed E-state index contributed by atoms with van der Waals surface area (Å²) in [6.45, 7) is 4.32. The second-order valence-corrected chi connectivity index (χ2v) is 5.70. The molecule has 20 heavy (non-hydrogen) atoms. The Labute approximate surface area is 129 Å². The fourth-order valence-electron chi connectivity index (χ4n) is 2.49. The molecule has 6 heteroatoms. The number of nitrogens with one attached hydrogen (secondary N) is 2. The van der Waals surface area contributed by atoms with Gasteiger partial charge in [-0.3, -0.25) is 4.79 Å². The normalized spacial score (nSPS) is 22.0. The minimum absolute atomic E-state index is 0. The van der Waals surface area contributed by atoms with Crippen LogP contribution < -0.4 is 15.4 Å². The van der Waals surface area contributed by atoms with Gasteiger partial charge in [0, 0.05) is 16.5 Å². The summed E-state index contributed by atoms with van der Waals surface area (Å²) < 4.78 is 5.56. The Hall–Kier alpha value is -0.970. The Kier molecular flexibility index (Phi) is 4.78. The molecule has 2 N–H and O–H groups in total. The molecule has 1 aromatic rings. The number of benzene rings is 1. The van der Waals surface area contributed by atoms with Gasteiger partial charge in [-0.1, -0.05) is 18.5 Å². The highest BCUT2D eigenvalue weighted by Crippen LogP contribution is 2.34. The molecule has 2 aliphatic rings. The highest BCUT2D eigenvalue weighted by Gasteiger charge is 2.32. The summed E-state index contributed by atoms with van der Waals surface area (Å²) >= 11 is 5.99. The van der Waals surface area contributed by atoms with E-state index in [4.69, 9.17) is 16.3 Å². The van der Waals surface area contributed by atoms with Crippen molar-refractivity contribution in [3.8, 4) is 5.75 Å². The largest absolute Gasteiger partial charge is 0.491 e. The fraction of sp³-hybridized carbons (Fsp3) is 0.500. The van der Waals surface area contributed by atoms with Crippen LogP contribution in [-0.2, 0) is 4.79 Å². The van der Waals surface area contributed by atoms with Crippen molar-refractivity contribution in [1.82, 2.24) is 10.6 Å². The maximum atomic E-state index is 12.2. The van der Waals surface area contributed by atoms with Gasteiger partial charge >= 0.3 is 0 Å². The Bertz CT molecular complexity index is 506. The molecule has 2 aliphatic heterocycles. The lowest BCUT2D eigenvalue weighted by atomic mass is 9.88. The lowest BCUT2D eigenvalue weighted by Crippen LogP contribution is -2.50. The number of carbonyl (C=O) groups excluding carboxylic acids is 1. The topological polar surface area (TPSA) is 50.4 Å². The SMILES string of the molecule is CC(C(=O)NC1COc2ccc(Cl)cc21)C1CNC1.Cl. The zero-order valence-electron chi connectivity index (χ0n) is 11.2. The summed E-state index contributed by atoms with van der Waals surface area (Å²) in [4.78, 5) is 12.2. The molecule has 1 amide bonds. The monoisotopic (exact) mass is 316 g/mol. The Morgan fingerprint density at radius 2 is 2.25 bits per heavy atom. The van der Waals surface area contributed by atoms with Crippen molar-refractivity contribution < 1.29 is 9.53 Å². The molecule has 2 heterocycles. The molecule has 110 valence electrons. The van der Waals surface area contributed by atoms with Gasteiger partial charge in [0.25, 0.3) is 0 Å². The first-order valence-electron chi connectivity index (χ1n) is 6.58. The van der Waals surface area contributed by atoms with Crippen LogP contribution in [0.15, 0.2) is 18.2 Å². The smallest absolute Gasteiger partial charge is 0.223 e. The second kappa shape index (κ2) is 6.20. The zero-order chi connectivity index (χ0) is 13.4. The predicted octanol–water partition coefficient (Wildman–Crippen LogP) is 2.17. The summed E-state index contributed by atoms with van der Waals surface area (Å²) in [5, 5.41) is 6.92. The minimum Gasteiger partial charge on any atom is -0.491 e. The van der Waals surface area contributed by atoms with Crippen LogP contribution in [0.5, 0.6) is 5.75 Å². The summed E-state index contributed by atoms with van der Waals surface area (Å²) in [5.74, 6) is 1.38. The van der Waals surface area contributed by atoms with Crippen molar-refractivity contribution in [3.63, 3.8) is 0 Å². The van der Waals surface area contributed by atoms with Gasteiger partial charge in [0.2, 0.25) is 5.91 Å². The maximum Gasteiger partial charge on any atom is 0.223 e. The van der Waals surface area contributed by atoms with Gasteiger partial charge in [0.05, 0.1) is 6.04 Å². The van der Waals surface area contributed by atoms with Crippen molar-refractivity contribution in [2.24, 2.45) is 11.8 Å². The Morgan fingerprint density at radius 3 is 2.90 bits per heavy atom. The van der Waals surface area contributed by atoms with Crippen molar-refractivity contribution in [2.45, 2.75) is 13.0 Å². The van der Waals surface area contributed by atoms with Crippen molar-refractivity contribution in [3.05, 3.63) is 28.8 Å². The van der Waals surface area contributed by atoms with Crippen LogP contribution in [0.25, 0.3) is 0 Å². The molecule has 0 aliphatic carbocycles. The highest BCUT2D eigenvalue weighted by atomic mass is 35.5. The molecule has 0 radical (unpaired) electrons. The third kappa shape index (κ3) is 2.87. The second-order valence-electron chi connectivity index (χ2n) is 5.26. The highest BCUT2D eigenvalue weighted by molar-refractivity contribution is 6.30. The van der Waals surface area contributed by atoms with Crippen molar-refractivity contribution >= 4 is 29.9 Å². The number of amides is 1. The number of hydrogen-bond donors (Lipinski definition) is 2. The first kappa shape index (κ1) is 15.4. The summed E-state index contributed by atoms with van der Waals surface area (Å²) in [6.07, 6.45) is 0. The lowest BCUT2D eigenvalue weighted by Gasteiger charge is -2.32. The Balaban J connectivity index is 0.00000147. The van der Waals surface area contributed by atoms with E-state index in [2.05, 4.69) is 10.6 Å². The molecule has 1 aromatic carbocycles. The lowest BCUT2D eigenvalue weighted by molar-refractivity contribution is -0.127. The molecular weight excluding hydrogens is 299 g/mol.